The highest BCUT2D eigenvalue weighted by atomic mass is 16.1. The lowest BCUT2D eigenvalue weighted by Gasteiger charge is -2.18. The molecule has 1 amide bonds. The van der Waals surface area contributed by atoms with Crippen LogP contribution in [0, 0.1) is 0 Å². The van der Waals surface area contributed by atoms with E-state index in [4.69, 9.17) is 0 Å². The highest BCUT2D eigenvalue weighted by Gasteiger charge is 2.02. The normalized spacial score (nSPS) is 12.8. The minimum Gasteiger partial charge on any atom is -0.346 e. The molecular formula is C7H15NO. The zero-order chi connectivity index (χ0) is 7.28. The summed E-state index contributed by atoms with van der Waals surface area (Å²) in [6, 6.07) is 0.396. The monoisotopic (exact) mass is 129 g/mol. The first-order chi connectivity index (χ1) is 4.22. The molecule has 0 aromatic heterocycles. The molecule has 0 aliphatic rings. The molecule has 2 nitrogen and oxygen atoms in total. The van der Waals surface area contributed by atoms with Crippen LogP contribution >= 0.6 is 0 Å². The number of hydrogen-bond donors (Lipinski definition) is 0. The fourth-order valence-corrected chi connectivity index (χ4v) is 0.725. The number of amides is 1. The largest absolute Gasteiger partial charge is 0.346 e. The van der Waals surface area contributed by atoms with Gasteiger partial charge in [-0.15, -0.1) is 0 Å². The van der Waals surface area contributed by atoms with Gasteiger partial charge in [0.15, 0.2) is 0 Å². The van der Waals surface area contributed by atoms with E-state index in [0.29, 0.717) is 6.04 Å². The first-order valence-corrected chi connectivity index (χ1v) is 3.39. The molecule has 0 aromatic rings. The van der Waals surface area contributed by atoms with Crippen molar-refractivity contribution in [3.8, 4) is 0 Å². The van der Waals surface area contributed by atoms with Crippen LogP contribution in [0.15, 0.2) is 0 Å². The molecule has 1 atom stereocenters. The minimum atomic E-state index is 0.396. The Hall–Kier alpha value is -0.530. The molecule has 0 N–H and O–H groups in total. The van der Waals surface area contributed by atoms with Crippen LogP contribution in [0.3, 0.4) is 0 Å². The van der Waals surface area contributed by atoms with E-state index in [1.165, 1.54) is 0 Å². The predicted molar refractivity (Wildman–Crippen MR) is 38.2 cm³/mol. The highest BCUT2D eigenvalue weighted by molar-refractivity contribution is 5.46. The third-order valence-electron chi connectivity index (χ3n) is 1.57. The molecule has 0 saturated heterocycles. The lowest BCUT2D eigenvalue weighted by atomic mass is 10.2. The Labute approximate surface area is 56.9 Å². The van der Waals surface area contributed by atoms with E-state index in [0.717, 1.165) is 19.3 Å². The maximum absolute atomic E-state index is 10.1. The van der Waals surface area contributed by atoms with Crippen molar-refractivity contribution in [1.82, 2.24) is 4.90 Å². The zero-order valence-electron chi connectivity index (χ0n) is 6.42. The van der Waals surface area contributed by atoms with Crippen molar-refractivity contribution in [2.75, 3.05) is 7.05 Å². The van der Waals surface area contributed by atoms with E-state index in [1.54, 1.807) is 4.90 Å². The molecular weight excluding hydrogens is 114 g/mol. The van der Waals surface area contributed by atoms with E-state index < -0.39 is 0 Å². The third kappa shape index (κ3) is 3.12. The molecule has 0 radical (unpaired) electrons. The maximum atomic E-state index is 10.1. The number of carbonyl (C=O) groups is 1. The Balaban J connectivity index is 3.44. The Kier molecular flexibility index (Phi) is 4.10. The van der Waals surface area contributed by atoms with Gasteiger partial charge in [0.05, 0.1) is 0 Å². The lowest BCUT2D eigenvalue weighted by Crippen LogP contribution is -2.26. The van der Waals surface area contributed by atoms with Gasteiger partial charge in [-0.25, -0.2) is 0 Å². The van der Waals surface area contributed by atoms with Crippen LogP contribution in [0.5, 0.6) is 0 Å². The summed E-state index contributed by atoms with van der Waals surface area (Å²) in [6.07, 6.45) is 3.11. The molecule has 0 bridgehead atoms. The maximum Gasteiger partial charge on any atom is 0.209 e. The third-order valence-corrected chi connectivity index (χ3v) is 1.57. The average molecular weight is 129 g/mol. The summed E-state index contributed by atoms with van der Waals surface area (Å²) in [4.78, 5) is 11.8. The summed E-state index contributed by atoms with van der Waals surface area (Å²) < 4.78 is 0. The molecule has 0 unspecified atom stereocenters. The van der Waals surface area contributed by atoms with Crippen molar-refractivity contribution in [2.45, 2.75) is 32.7 Å². The van der Waals surface area contributed by atoms with Crippen molar-refractivity contribution in [2.24, 2.45) is 0 Å². The molecule has 0 aromatic carbocycles. The van der Waals surface area contributed by atoms with Crippen LogP contribution in [0.1, 0.15) is 26.7 Å². The van der Waals surface area contributed by atoms with Gasteiger partial charge in [0.2, 0.25) is 6.41 Å². The molecule has 0 aliphatic carbocycles. The molecule has 0 heterocycles. The van der Waals surface area contributed by atoms with Crippen molar-refractivity contribution in [3.63, 3.8) is 0 Å². The molecule has 0 rings (SSSR count). The van der Waals surface area contributed by atoms with E-state index in [-0.39, 0.29) is 0 Å². The standard InChI is InChI=1S/C7H15NO/c1-4-5-7(2)8(3)6-9/h6-7H,4-5H2,1-3H3/t7-/m1/s1. The van der Waals surface area contributed by atoms with E-state index >= 15 is 0 Å². The fourth-order valence-electron chi connectivity index (χ4n) is 0.725. The Bertz CT molecular complexity index is 83.0. The van der Waals surface area contributed by atoms with Crippen molar-refractivity contribution in [1.29, 1.82) is 0 Å². The van der Waals surface area contributed by atoms with Crippen LogP contribution < -0.4 is 0 Å². The summed E-state index contributed by atoms with van der Waals surface area (Å²) in [5.41, 5.74) is 0. The lowest BCUT2D eigenvalue weighted by molar-refractivity contribution is -0.118. The van der Waals surface area contributed by atoms with E-state index in [2.05, 4.69) is 13.8 Å². The molecule has 54 valence electrons. The number of nitrogens with zero attached hydrogens (tertiary/aromatic N) is 1. The summed E-state index contributed by atoms with van der Waals surface area (Å²) in [6.45, 7) is 4.17. The van der Waals surface area contributed by atoms with Crippen LogP contribution in [-0.2, 0) is 4.79 Å². The second-order valence-electron chi connectivity index (χ2n) is 2.41. The molecule has 0 spiro atoms. The van der Waals surface area contributed by atoms with Crippen LogP contribution in [0.2, 0.25) is 0 Å². The van der Waals surface area contributed by atoms with Gasteiger partial charge in [-0.05, 0) is 13.3 Å². The zero-order valence-corrected chi connectivity index (χ0v) is 6.42. The molecule has 0 saturated carbocycles. The van der Waals surface area contributed by atoms with Crippen LogP contribution in [0.25, 0.3) is 0 Å². The SMILES string of the molecule is CCC[C@@H](C)N(C)C=O. The van der Waals surface area contributed by atoms with Gasteiger partial charge in [0.25, 0.3) is 0 Å². The van der Waals surface area contributed by atoms with Gasteiger partial charge in [0, 0.05) is 13.1 Å². The predicted octanol–water partition coefficient (Wildman–Crippen LogP) is 1.26. The van der Waals surface area contributed by atoms with Crippen molar-refractivity contribution in [3.05, 3.63) is 0 Å². The first kappa shape index (κ1) is 8.47. The molecule has 9 heavy (non-hydrogen) atoms. The summed E-state index contributed by atoms with van der Waals surface area (Å²) >= 11 is 0. The number of rotatable bonds is 4. The average Bonchev–Trinajstić information content (AvgIpc) is 1.87. The summed E-state index contributed by atoms with van der Waals surface area (Å²) in [5, 5.41) is 0. The molecule has 0 fully saturated rings. The number of carbonyl (C=O) groups excluding carboxylic acids is 1. The Morgan fingerprint density at radius 1 is 1.67 bits per heavy atom. The van der Waals surface area contributed by atoms with Crippen LogP contribution in [0.4, 0.5) is 0 Å². The second kappa shape index (κ2) is 4.36. The van der Waals surface area contributed by atoms with Gasteiger partial charge in [0.1, 0.15) is 0 Å². The molecule has 0 aliphatic heterocycles. The van der Waals surface area contributed by atoms with Crippen molar-refractivity contribution >= 4 is 6.41 Å². The van der Waals surface area contributed by atoms with E-state index in [9.17, 15) is 4.79 Å². The Morgan fingerprint density at radius 3 is 2.56 bits per heavy atom. The quantitative estimate of drug-likeness (QED) is 0.523. The summed E-state index contributed by atoms with van der Waals surface area (Å²) in [5.74, 6) is 0. The van der Waals surface area contributed by atoms with Gasteiger partial charge < -0.3 is 4.90 Å². The first-order valence-electron chi connectivity index (χ1n) is 3.39. The van der Waals surface area contributed by atoms with Gasteiger partial charge in [-0.1, -0.05) is 13.3 Å². The van der Waals surface area contributed by atoms with E-state index in [1.807, 2.05) is 7.05 Å². The van der Waals surface area contributed by atoms with Gasteiger partial charge in [-0.2, -0.15) is 0 Å². The van der Waals surface area contributed by atoms with Crippen molar-refractivity contribution < 1.29 is 4.79 Å². The second-order valence-corrected chi connectivity index (χ2v) is 2.41. The van der Waals surface area contributed by atoms with Gasteiger partial charge >= 0.3 is 0 Å². The smallest absolute Gasteiger partial charge is 0.209 e. The van der Waals surface area contributed by atoms with Crippen LogP contribution in [-0.4, -0.2) is 24.4 Å². The molecule has 2 heteroatoms. The topological polar surface area (TPSA) is 20.3 Å². The minimum absolute atomic E-state index is 0.396. The number of hydrogen-bond acceptors (Lipinski definition) is 1. The van der Waals surface area contributed by atoms with Gasteiger partial charge in [-0.3, -0.25) is 4.79 Å². The highest BCUT2D eigenvalue weighted by Crippen LogP contribution is 2.00. The Morgan fingerprint density at radius 2 is 2.22 bits per heavy atom. The summed E-state index contributed by atoms with van der Waals surface area (Å²) in [7, 11) is 1.81. The fraction of sp³-hybridized carbons (Fsp3) is 0.857.